The lowest BCUT2D eigenvalue weighted by molar-refractivity contribution is -0.133. The fourth-order valence-corrected chi connectivity index (χ4v) is 4.44. The third-order valence-corrected chi connectivity index (χ3v) is 6.50. The van der Waals surface area contributed by atoms with Crippen LogP contribution in [0, 0.1) is 12.7 Å². The SMILES string of the molecule is COc1cc(C(=O)N2CCN(CC(=O)N3CCN(c4ccccc4F)CC3)CC2)ccc1C. The van der Waals surface area contributed by atoms with Gasteiger partial charge in [0.1, 0.15) is 11.6 Å². The van der Waals surface area contributed by atoms with Crippen molar-refractivity contribution in [2.75, 3.05) is 70.9 Å². The molecule has 2 aliphatic heterocycles. The Morgan fingerprint density at radius 1 is 0.909 bits per heavy atom. The van der Waals surface area contributed by atoms with Crippen molar-refractivity contribution in [2.45, 2.75) is 6.92 Å². The van der Waals surface area contributed by atoms with Crippen molar-refractivity contribution in [1.29, 1.82) is 0 Å². The molecule has 0 aromatic heterocycles. The van der Waals surface area contributed by atoms with Crippen LogP contribution < -0.4 is 9.64 Å². The van der Waals surface area contributed by atoms with Crippen LogP contribution in [0.4, 0.5) is 10.1 Å². The van der Waals surface area contributed by atoms with Crippen LogP contribution in [0.2, 0.25) is 0 Å². The van der Waals surface area contributed by atoms with E-state index in [2.05, 4.69) is 4.90 Å². The van der Waals surface area contributed by atoms with Crippen molar-refractivity contribution in [3.05, 3.63) is 59.4 Å². The van der Waals surface area contributed by atoms with Crippen molar-refractivity contribution in [3.63, 3.8) is 0 Å². The summed E-state index contributed by atoms with van der Waals surface area (Å²) in [5, 5.41) is 0. The van der Waals surface area contributed by atoms with E-state index in [0.29, 0.717) is 75.9 Å². The van der Waals surface area contributed by atoms with Gasteiger partial charge in [-0.05, 0) is 36.8 Å². The van der Waals surface area contributed by atoms with Gasteiger partial charge in [-0.15, -0.1) is 0 Å². The molecule has 8 heteroatoms. The maximum absolute atomic E-state index is 14.0. The van der Waals surface area contributed by atoms with Crippen molar-refractivity contribution in [3.8, 4) is 5.75 Å². The molecule has 0 spiro atoms. The molecular formula is C25H31FN4O3. The highest BCUT2D eigenvalue weighted by Gasteiger charge is 2.27. The Hall–Kier alpha value is -3.13. The van der Waals surface area contributed by atoms with Crippen LogP contribution >= 0.6 is 0 Å². The van der Waals surface area contributed by atoms with Crippen LogP contribution in [-0.2, 0) is 4.79 Å². The molecule has 2 aliphatic rings. The highest BCUT2D eigenvalue weighted by Crippen LogP contribution is 2.22. The first kappa shape index (κ1) is 23.0. The van der Waals surface area contributed by atoms with Gasteiger partial charge in [0.25, 0.3) is 5.91 Å². The Morgan fingerprint density at radius 3 is 2.24 bits per heavy atom. The van der Waals surface area contributed by atoms with E-state index in [1.807, 2.05) is 39.8 Å². The van der Waals surface area contributed by atoms with E-state index in [9.17, 15) is 14.0 Å². The molecule has 0 atom stereocenters. The third-order valence-electron chi connectivity index (χ3n) is 6.50. The normalized spacial score (nSPS) is 17.2. The van der Waals surface area contributed by atoms with Gasteiger partial charge in [0.05, 0.1) is 19.3 Å². The van der Waals surface area contributed by atoms with Gasteiger partial charge in [0.15, 0.2) is 0 Å². The molecule has 0 N–H and O–H groups in total. The number of carbonyl (C=O) groups is 2. The molecule has 176 valence electrons. The van der Waals surface area contributed by atoms with E-state index in [4.69, 9.17) is 4.74 Å². The summed E-state index contributed by atoms with van der Waals surface area (Å²) in [7, 11) is 1.60. The smallest absolute Gasteiger partial charge is 0.254 e. The minimum atomic E-state index is -0.228. The van der Waals surface area contributed by atoms with Gasteiger partial charge in [-0.25, -0.2) is 4.39 Å². The Morgan fingerprint density at radius 2 is 1.58 bits per heavy atom. The number of amides is 2. The molecule has 4 rings (SSSR count). The number of halogens is 1. The van der Waals surface area contributed by atoms with Crippen LogP contribution in [0.3, 0.4) is 0 Å². The standard InChI is InChI=1S/C25H31FN4O3/c1-19-7-8-20(17-23(19)33-2)25(32)30-11-9-27(10-12-30)18-24(31)29-15-13-28(14-16-29)22-6-4-3-5-21(22)26/h3-8,17H,9-16,18H2,1-2H3. The number of carbonyl (C=O) groups excluding carboxylic acids is 2. The lowest BCUT2D eigenvalue weighted by Gasteiger charge is -2.38. The van der Waals surface area contributed by atoms with Crippen LogP contribution in [0.1, 0.15) is 15.9 Å². The number of hydrogen-bond donors (Lipinski definition) is 0. The third kappa shape index (κ3) is 5.27. The van der Waals surface area contributed by atoms with E-state index < -0.39 is 0 Å². The van der Waals surface area contributed by atoms with Gasteiger partial charge in [-0.2, -0.15) is 0 Å². The van der Waals surface area contributed by atoms with E-state index in [0.717, 1.165) is 5.56 Å². The molecule has 0 bridgehead atoms. The van der Waals surface area contributed by atoms with Gasteiger partial charge in [0, 0.05) is 57.9 Å². The van der Waals surface area contributed by atoms with Gasteiger partial charge in [0.2, 0.25) is 5.91 Å². The Labute approximate surface area is 194 Å². The zero-order valence-corrected chi connectivity index (χ0v) is 19.3. The second-order valence-electron chi connectivity index (χ2n) is 8.57. The lowest BCUT2D eigenvalue weighted by atomic mass is 10.1. The summed E-state index contributed by atoms with van der Waals surface area (Å²) in [5.74, 6) is 0.559. The number of ether oxygens (including phenoxy) is 1. The highest BCUT2D eigenvalue weighted by molar-refractivity contribution is 5.94. The Kier molecular flexibility index (Phi) is 7.13. The molecule has 2 heterocycles. The van der Waals surface area contributed by atoms with Crippen molar-refractivity contribution in [1.82, 2.24) is 14.7 Å². The van der Waals surface area contributed by atoms with E-state index in [-0.39, 0.29) is 17.6 Å². The van der Waals surface area contributed by atoms with Crippen molar-refractivity contribution >= 4 is 17.5 Å². The van der Waals surface area contributed by atoms with Crippen LogP contribution in [0.5, 0.6) is 5.75 Å². The van der Waals surface area contributed by atoms with E-state index >= 15 is 0 Å². The maximum atomic E-state index is 14.0. The quantitative estimate of drug-likeness (QED) is 0.694. The molecule has 0 radical (unpaired) electrons. The van der Waals surface area contributed by atoms with Gasteiger partial charge < -0.3 is 19.4 Å². The second kappa shape index (κ2) is 10.2. The Bertz CT molecular complexity index is 999. The maximum Gasteiger partial charge on any atom is 0.254 e. The Balaban J connectivity index is 1.24. The molecule has 2 aromatic rings. The fraction of sp³-hybridized carbons (Fsp3) is 0.440. The number of anilines is 1. The summed E-state index contributed by atoms with van der Waals surface area (Å²) in [5.41, 5.74) is 2.21. The largest absolute Gasteiger partial charge is 0.496 e. The number of methoxy groups -OCH3 is 1. The topological polar surface area (TPSA) is 56.3 Å². The number of nitrogens with zero attached hydrogens (tertiary/aromatic N) is 4. The van der Waals surface area contributed by atoms with E-state index in [1.54, 1.807) is 25.3 Å². The number of hydrogen-bond acceptors (Lipinski definition) is 5. The summed E-state index contributed by atoms with van der Waals surface area (Å²) in [6, 6.07) is 12.3. The van der Waals surface area contributed by atoms with Gasteiger partial charge >= 0.3 is 0 Å². The van der Waals surface area contributed by atoms with Crippen LogP contribution in [0.15, 0.2) is 42.5 Å². The first-order chi connectivity index (χ1) is 16.0. The first-order valence-electron chi connectivity index (χ1n) is 11.4. The lowest BCUT2D eigenvalue weighted by Crippen LogP contribution is -2.54. The molecule has 2 amide bonds. The first-order valence-corrected chi connectivity index (χ1v) is 11.4. The van der Waals surface area contributed by atoms with Gasteiger partial charge in [-0.3, -0.25) is 14.5 Å². The number of aryl methyl sites for hydroxylation is 1. The molecule has 7 nitrogen and oxygen atoms in total. The number of para-hydroxylation sites is 1. The average Bonchev–Trinajstić information content (AvgIpc) is 2.85. The molecular weight excluding hydrogens is 423 g/mol. The average molecular weight is 455 g/mol. The molecule has 0 saturated carbocycles. The zero-order chi connectivity index (χ0) is 23.4. The summed E-state index contributed by atoms with van der Waals surface area (Å²) in [4.78, 5) is 33.5. The zero-order valence-electron chi connectivity index (χ0n) is 19.3. The monoisotopic (exact) mass is 454 g/mol. The summed E-state index contributed by atoms with van der Waals surface area (Å²) < 4.78 is 19.4. The molecule has 2 saturated heterocycles. The van der Waals surface area contributed by atoms with Crippen LogP contribution in [0.25, 0.3) is 0 Å². The summed E-state index contributed by atoms with van der Waals surface area (Å²) in [6.45, 7) is 7.20. The van der Waals surface area contributed by atoms with Crippen molar-refractivity contribution < 1.29 is 18.7 Å². The summed E-state index contributed by atoms with van der Waals surface area (Å²) in [6.07, 6.45) is 0. The fourth-order valence-electron chi connectivity index (χ4n) is 4.44. The molecule has 2 aromatic carbocycles. The van der Waals surface area contributed by atoms with E-state index in [1.165, 1.54) is 6.07 Å². The summed E-state index contributed by atoms with van der Waals surface area (Å²) >= 11 is 0. The van der Waals surface area contributed by atoms with Gasteiger partial charge in [-0.1, -0.05) is 18.2 Å². The molecule has 0 unspecified atom stereocenters. The molecule has 2 fully saturated rings. The number of benzene rings is 2. The highest BCUT2D eigenvalue weighted by atomic mass is 19.1. The van der Waals surface area contributed by atoms with Crippen LogP contribution in [-0.4, -0.2) is 92.5 Å². The minimum Gasteiger partial charge on any atom is -0.496 e. The minimum absolute atomic E-state index is 0.0106. The molecule has 33 heavy (non-hydrogen) atoms. The van der Waals surface area contributed by atoms with Crippen molar-refractivity contribution in [2.24, 2.45) is 0 Å². The number of rotatable bonds is 5. The number of piperazine rings is 2. The molecule has 0 aliphatic carbocycles. The second-order valence-corrected chi connectivity index (χ2v) is 8.57. The predicted octanol–water partition coefficient (Wildman–Crippen LogP) is 2.25. The predicted molar refractivity (Wildman–Crippen MR) is 125 cm³/mol.